The summed E-state index contributed by atoms with van der Waals surface area (Å²) in [6, 6.07) is 12.7. The summed E-state index contributed by atoms with van der Waals surface area (Å²) >= 11 is 7.25. The summed E-state index contributed by atoms with van der Waals surface area (Å²) in [6.45, 7) is 5.30. The molecule has 4 rings (SSSR count). The third kappa shape index (κ3) is 3.97. The highest BCUT2D eigenvalue weighted by molar-refractivity contribution is 7.07. The number of hydrogen-bond acceptors (Lipinski definition) is 5. The minimum absolute atomic E-state index is 0.0350. The zero-order chi connectivity index (χ0) is 22.8. The van der Waals surface area contributed by atoms with Crippen LogP contribution in [0.25, 0.3) is 6.08 Å². The first-order valence-electron chi connectivity index (χ1n) is 9.72. The van der Waals surface area contributed by atoms with Crippen molar-refractivity contribution in [3.05, 3.63) is 114 Å². The monoisotopic (exact) mass is 468 g/mol. The first-order valence-corrected chi connectivity index (χ1v) is 10.9. The summed E-state index contributed by atoms with van der Waals surface area (Å²) in [4.78, 5) is 31.2. The van der Waals surface area contributed by atoms with Crippen molar-refractivity contribution in [1.82, 2.24) is 4.57 Å². The number of hydrogen-bond donors (Lipinski definition) is 0. The Balaban J connectivity index is 1.96. The molecule has 1 aliphatic rings. The van der Waals surface area contributed by atoms with Crippen LogP contribution >= 0.6 is 22.9 Å². The quantitative estimate of drug-likeness (QED) is 0.423. The van der Waals surface area contributed by atoms with E-state index in [-0.39, 0.29) is 27.3 Å². The topological polar surface area (TPSA) is 60.7 Å². The van der Waals surface area contributed by atoms with Gasteiger partial charge in [-0.05, 0) is 30.7 Å². The molecular weight excluding hydrogens is 451 g/mol. The average Bonchev–Trinajstić information content (AvgIpc) is 3.09. The molecular formula is C24H18ClFN2O3S. The molecule has 0 aliphatic carbocycles. The number of fused-ring (bicyclic) bond motifs is 1. The van der Waals surface area contributed by atoms with E-state index >= 15 is 0 Å². The minimum Gasteiger partial charge on any atom is -0.458 e. The maximum absolute atomic E-state index is 14.3. The van der Waals surface area contributed by atoms with Crippen molar-refractivity contribution in [2.45, 2.75) is 13.0 Å². The van der Waals surface area contributed by atoms with Crippen LogP contribution in [0.3, 0.4) is 0 Å². The smallest absolute Gasteiger partial charge is 0.338 e. The molecule has 2 aromatic carbocycles. The number of thiazole rings is 1. The van der Waals surface area contributed by atoms with Gasteiger partial charge in [-0.1, -0.05) is 72.0 Å². The molecule has 8 heteroatoms. The standard InChI is InChI=1S/C24H18ClFN2O3S/c1-3-12-31-23(30)20-14(2)27-24-28(21(20)15-8-5-4-6-9-15)22(29)19(32-24)13-16-17(25)10-7-11-18(16)26/h3-11,13,21H,1,12H2,2H3/b19-13+/t21-/m1/s1. The molecule has 1 aromatic heterocycles. The molecule has 1 atom stereocenters. The highest BCUT2D eigenvalue weighted by Crippen LogP contribution is 2.30. The van der Waals surface area contributed by atoms with Crippen LogP contribution in [0.2, 0.25) is 5.02 Å². The van der Waals surface area contributed by atoms with E-state index in [1.807, 2.05) is 30.3 Å². The van der Waals surface area contributed by atoms with Gasteiger partial charge < -0.3 is 4.74 Å². The number of carbonyl (C=O) groups excluding carboxylic acids is 1. The molecule has 5 nitrogen and oxygen atoms in total. The first kappa shape index (κ1) is 21.9. The Kier molecular flexibility index (Phi) is 6.21. The lowest BCUT2D eigenvalue weighted by Crippen LogP contribution is -2.39. The summed E-state index contributed by atoms with van der Waals surface area (Å²) in [6.07, 6.45) is 2.89. The summed E-state index contributed by atoms with van der Waals surface area (Å²) in [5, 5.41) is 0.195. The van der Waals surface area contributed by atoms with Crippen LogP contribution in [-0.4, -0.2) is 17.1 Å². The van der Waals surface area contributed by atoms with E-state index in [1.165, 1.54) is 28.9 Å². The van der Waals surface area contributed by atoms with E-state index in [0.29, 0.717) is 10.5 Å². The SMILES string of the molecule is C=CCOC(=O)C1=C(C)N=c2s/c(=C/c3c(F)cccc3Cl)c(=O)n2[C@@H]1c1ccccc1. The second-order valence-corrected chi connectivity index (χ2v) is 8.43. The summed E-state index contributed by atoms with van der Waals surface area (Å²) in [5.74, 6) is -1.11. The Morgan fingerprint density at radius 1 is 1.28 bits per heavy atom. The Labute approximate surface area is 192 Å². The van der Waals surface area contributed by atoms with Gasteiger partial charge in [-0.15, -0.1) is 0 Å². The zero-order valence-electron chi connectivity index (χ0n) is 17.0. The van der Waals surface area contributed by atoms with Gasteiger partial charge in [0.1, 0.15) is 12.4 Å². The van der Waals surface area contributed by atoms with Gasteiger partial charge in [-0.3, -0.25) is 9.36 Å². The average molecular weight is 469 g/mol. The number of halogens is 2. The zero-order valence-corrected chi connectivity index (χ0v) is 18.6. The molecule has 3 aromatic rings. The lowest BCUT2D eigenvalue weighted by Gasteiger charge is -2.24. The highest BCUT2D eigenvalue weighted by atomic mass is 35.5. The summed E-state index contributed by atoms with van der Waals surface area (Å²) in [5.41, 5.74) is 1.16. The summed E-state index contributed by atoms with van der Waals surface area (Å²) < 4.78 is 21.3. The number of benzene rings is 2. The van der Waals surface area contributed by atoms with E-state index in [1.54, 1.807) is 13.0 Å². The fraction of sp³-hybridized carbons (Fsp3) is 0.125. The maximum Gasteiger partial charge on any atom is 0.338 e. The third-order valence-electron chi connectivity index (χ3n) is 4.96. The van der Waals surface area contributed by atoms with Crippen molar-refractivity contribution in [2.75, 3.05) is 6.61 Å². The number of ether oxygens (including phenoxy) is 1. The molecule has 2 heterocycles. The Hall–Kier alpha value is -3.29. The second kappa shape index (κ2) is 9.06. The van der Waals surface area contributed by atoms with E-state index in [2.05, 4.69) is 11.6 Å². The predicted octanol–water partition coefficient (Wildman–Crippen LogP) is 3.76. The molecule has 0 radical (unpaired) electrons. The van der Waals surface area contributed by atoms with Crippen LogP contribution in [0, 0.1) is 5.82 Å². The Bertz CT molecular complexity index is 1400. The summed E-state index contributed by atoms with van der Waals surface area (Å²) in [7, 11) is 0. The van der Waals surface area contributed by atoms with Crippen molar-refractivity contribution < 1.29 is 13.9 Å². The molecule has 0 spiro atoms. The van der Waals surface area contributed by atoms with Gasteiger partial charge in [0.25, 0.3) is 5.56 Å². The number of esters is 1. The van der Waals surface area contributed by atoms with E-state index in [9.17, 15) is 14.0 Å². The van der Waals surface area contributed by atoms with Crippen molar-refractivity contribution in [3.63, 3.8) is 0 Å². The lowest BCUT2D eigenvalue weighted by molar-refractivity contribution is -0.138. The van der Waals surface area contributed by atoms with Gasteiger partial charge in [0.2, 0.25) is 0 Å². The van der Waals surface area contributed by atoms with Crippen molar-refractivity contribution >= 4 is 35.0 Å². The predicted molar refractivity (Wildman–Crippen MR) is 123 cm³/mol. The van der Waals surface area contributed by atoms with Crippen LogP contribution in [0.5, 0.6) is 0 Å². The second-order valence-electron chi connectivity index (χ2n) is 7.01. The van der Waals surface area contributed by atoms with Crippen LogP contribution in [0.1, 0.15) is 24.1 Å². The Morgan fingerprint density at radius 3 is 2.72 bits per heavy atom. The normalized spacial score (nSPS) is 15.8. The van der Waals surface area contributed by atoms with Crippen molar-refractivity contribution in [3.8, 4) is 0 Å². The highest BCUT2D eigenvalue weighted by Gasteiger charge is 2.33. The molecule has 32 heavy (non-hydrogen) atoms. The third-order valence-corrected chi connectivity index (χ3v) is 6.28. The molecule has 0 saturated carbocycles. The maximum atomic E-state index is 14.3. The van der Waals surface area contributed by atoms with E-state index in [0.717, 1.165) is 16.9 Å². The fourth-order valence-corrected chi connectivity index (χ4v) is 4.77. The van der Waals surface area contributed by atoms with Crippen LogP contribution in [-0.2, 0) is 9.53 Å². The number of rotatable bonds is 5. The molecule has 0 fully saturated rings. The van der Waals surface area contributed by atoms with Gasteiger partial charge in [-0.25, -0.2) is 14.2 Å². The molecule has 0 amide bonds. The molecule has 1 aliphatic heterocycles. The molecule has 0 unspecified atom stereocenters. The Morgan fingerprint density at radius 2 is 2.03 bits per heavy atom. The van der Waals surface area contributed by atoms with Crippen LogP contribution in [0.15, 0.2) is 82.2 Å². The number of nitrogens with zero attached hydrogens (tertiary/aromatic N) is 2. The number of allylic oxidation sites excluding steroid dienone is 1. The first-order chi connectivity index (χ1) is 15.4. The number of aromatic nitrogens is 1. The number of carbonyl (C=O) groups is 1. The fourth-order valence-electron chi connectivity index (χ4n) is 3.53. The van der Waals surface area contributed by atoms with Gasteiger partial charge in [0.15, 0.2) is 4.80 Å². The van der Waals surface area contributed by atoms with Gasteiger partial charge in [-0.2, -0.15) is 0 Å². The van der Waals surface area contributed by atoms with Crippen molar-refractivity contribution in [1.29, 1.82) is 0 Å². The van der Waals surface area contributed by atoms with Gasteiger partial charge >= 0.3 is 5.97 Å². The van der Waals surface area contributed by atoms with Crippen LogP contribution in [0.4, 0.5) is 4.39 Å². The molecule has 0 N–H and O–H groups in total. The van der Waals surface area contributed by atoms with E-state index in [4.69, 9.17) is 16.3 Å². The van der Waals surface area contributed by atoms with E-state index < -0.39 is 23.4 Å². The van der Waals surface area contributed by atoms with Gasteiger partial charge in [0, 0.05) is 5.56 Å². The van der Waals surface area contributed by atoms with Crippen LogP contribution < -0.4 is 14.9 Å². The largest absolute Gasteiger partial charge is 0.458 e. The lowest BCUT2D eigenvalue weighted by atomic mass is 9.96. The van der Waals surface area contributed by atoms with Crippen molar-refractivity contribution in [2.24, 2.45) is 4.99 Å². The molecule has 162 valence electrons. The molecule has 0 saturated heterocycles. The minimum atomic E-state index is -0.733. The molecule has 0 bridgehead atoms. The van der Waals surface area contributed by atoms with Gasteiger partial charge in [0.05, 0.1) is 26.9 Å².